The van der Waals surface area contributed by atoms with E-state index in [1.807, 2.05) is 123 Å². The van der Waals surface area contributed by atoms with E-state index in [9.17, 15) is 19.5 Å². The van der Waals surface area contributed by atoms with Crippen molar-refractivity contribution in [1.29, 1.82) is 0 Å². The minimum absolute atomic E-state index is 0.0661. The lowest BCUT2D eigenvalue weighted by atomic mass is 9.96. The van der Waals surface area contributed by atoms with Crippen molar-refractivity contribution in [3.8, 4) is 11.5 Å². The molecule has 4 aromatic rings. The number of aliphatic hydroxyl groups excluding tert-OH is 1. The summed E-state index contributed by atoms with van der Waals surface area (Å²) < 4.78 is 5.90. The predicted molar refractivity (Wildman–Crippen MR) is 179 cm³/mol. The van der Waals surface area contributed by atoms with Gasteiger partial charge in [-0.2, -0.15) is 0 Å². The smallest absolute Gasteiger partial charge is 0.243 e. The summed E-state index contributed by atoms with van der Waals surface area (Å²) in [5.74, 6) is 0.217. The molecular weight excluding hydrogens is 578 g/mol. The van der Waals surface area contributed by atoms with Crippen molar-refractivity contribution in [2.75, 3.05) is 0 Å². The van der Waals surface area contributed by atoms with Gasteiger partial charge in [0.25, 0.3) is 0 Å². The fourth-order valence-electron chi connectivity index (χ4n) is 5.08. The summed E-state index contributed by atoms with van der Waals surface area (Å²) in [7, 11) is 0. The molecule has 0 aromatic heterocycles. The van der Waals surface area contributed by atoms with Crippen LogP contribution in [0.5, 0.6) is 11.5 Å². The van der Waals surface area contributed by atoms with E-state index >= 15 is 0 Å². The second kappa shape index (κ2) is 17.5. The molecule has 0 fully saturated rings. The SMILES string of the molecule is CC(C)C(NC(=O)Cc1cccc(Oc2ccccc2)c1)C(=O)N[C@@H](Cc1ccccc1)[C@@H](O)CCC(=O)NCc1ccccc1. The average molecular weight is 622 g/mol. The number of benzene rings is 4. The molecule has 3 amide bonds. The second-order valence-corrected chi connectivity index (χ2v) is 11.7. The Bertz CT molecular complexity index is 1530. The molecule has 4 N–H and O–H groups in total. The molecule has 1 unspecified atom stereocenters. The lowest BCUT2D eigenvalue weighted by Crippen LogP contribution is -2.55. The first-order valence-electron chi connectivity index (χ1n) is 15.7. The lowest BCUT2D eigenvalue weighted by molar-refractivity contribution is -0.130. The third-order valence-corrected chi connectivity index (χ3v) is 7.60. The molecule has 0 bridgehead atoms. The van der Waals surface area contributed by atoms with E-state index in [0.717, 1.165) is 16.7 Å². The van der Waals surface area contributed by atoms with Gasteiger partial charge in [-0.25, -0.2) is 0 Å². The second-order valence-electron chi connectivity index (χ2n) is 11.7. The highest BCUT2D eigenvalue weighted by atomic mass is 16.5. The number of nitrogens with one attached hydrogen (secondary N) is 3. The van der Waals surface area contributed by atoms with Crippen LogP contribution in [0.1, 0.15) is 43.4 Å². The van der Waals surface area contributed by atoms with Crippen LogP contribution >= 0.6 is 0 Å². The number of carbonyl (C=O) groups excluding carboxylic acids is 3. The fraction of sp³-hybridized carbons (Fsp3) is 0.289. The van der Waals surface area contributed by atoms with E-state index in [1.54, 1.807) is 6.07 Å². The van der Waals surface area contributed by atoms with Crippen LogP contribution in [0.25, 0.3) is 0 Å². The number of para-hydroxylation sites is 1. The van der Waals surface area contributed by atoms with Crippen molar-refractivity contribution < 1.29 is 24.2 Å². The summed E-state index contributed by atoms with van der Waals surface area (Å²) in [6.45, 7) is 4.12. The lowest BCUT2D eigenvalue weighted by Gasteiger charge is -2.28. The Hall–Kier alpha value is -4.95. The van der Waals surface area contributed by atoms with E-state index in [0.29, 0.717) is 24.5 Å². The number of amides is 3. The highest BCUT2D eigenvalue weighted by Crippen LogP contribution is 2.22. The van der Waals surface area contributed by atoms with Crippen LogP contribution in [0.15, 0.2) is 115 Å². The zero-order valence-electron chi connectivity index (χ0n) is 26.4. The molecule has 240 valence electrons. The van der Waals surface area contributed by atoms with Gasteiger partial charge in [0.05, 0.1) is 18.6 Å². The first kappa shape index (κ1) is 33.9. The number of aliphatic hydroxyl groups is 1. The molecule has 46 heavy (non-hydrogen) atoms. The van der Waals surface area contributed by atoms with Crippen molar-refractivity contribution in [2.24, 2.45) is 5.92 Å². The zero-order chi connectivity index (χ0) is 32.7. The Labute approximate surface area is 271 Å². The molecule has 4 rings (SSSR count). The topological polar surface area (TPSA) is 117 Å². The summed E-state index contributed by atoms with van der Waals surface area (Å²) in [5, 5.41) is 19.9. The van der Waals surface area contributed by atoms with Gasteiger partial charge in [0.2, 0.25) is 17.7 Å². The van der Waals surface area contributed by atoms with Gasteiger partial charge in [-0.05, 0) is 59.7 Å². The quantitative estimate of drug-likeness (QED) is 0.135. The van der Waals surface area contributed by atoms with E-state index < -0.39 is 24.1 Å². The molecular formula is C38H43N3O5. The van der Waals surface area contributed by atoms with Crippen LogP contribution in [0, 0.1) is 5.92 Å². The minimum atomic E-state index is -0.984. The summed E-state index contributed by atoms with van der Waals surface area (Å²) in [4.78, 5) is 39.3. The normalized spacial score (nSPS) is 12.9. The van der Waals surface area contributed by atoms with Crippen LogP contribution < -0.4 is 20.7 Å². The van der Waals surface area contributed by atoms with Crippen molar-refractivity contribution in [3.05, 3.63) is 132 Å². The van der Waals surface area contributed by atoms with E-state index in [-0.39, 0.29) is 37.0 Å². The summed E-state index contributed by atoms with van der Waals surface area (Å²) >= 11 is 0. The minimum Gasteiger partial charge on any atom is -0.457 e. The number of hydrogen-bond acceptors (Lipinski definition) is 5. The maximum atomic E-state index is 13.6. The van der Waals surface area contributed by atoms with E-state index in [1.165, 1.54) is 0 Å². The first-order valence-corrected chi connectivity index (χ1v) is 15.7. The third-order valence-electron chi connectivity index (χ3n) is 7.60. The molecule has 0 aliphatic carbocycles. The van der Waals surface area contributed by atoms with Crippen molar-refractivity contribution in [2.45, 2.75) is 64.3 Å². The van der Waals surface area contributed by atoms with Crippen molar-refractivity contribution in [3.63, 3.8) is 0 Å². The van der Waals surface area contributed by atoms with Crippen molar-refractivity contribution >= 4 is 17.7 Å². The Morgan fingerprint density at radius 3 is 1.93 bits per heavy atom. The van der Waals surface area contributed by atoms with Crippen LogP contribution in [-0.4, -0.2) is 41.0 Å². The van der Waals surface area contributed by atoms with Gasteiger partial charge in [0.1, 0.15) is 17.5 Å². The maximum absolute atomic E-state index is 13.6. The molecule has 8 heteroatoms. The molecule has 4 aromatic carbocycles. The van der Waals surface area contributed by atoms with Gasteiger partial charge in [-0.3, -0.25) is 14.4 Å². The van der Waals surface area contributed by atoms with Gasteiger partial charge in [0, 0.05) is 13.0 Å². The monoisotopic (exact) mass is 621 g/mol. The highest BCUT2D eigenvalue weighted by molar-refractivity contribution is 5.88. The molecule has 0 radical (unpaired) electrons. The largest absolute Gasteiger partial charge is 0.457 e. The van der Waals surface area contributed by atoms with Gasteiger partial charge in [0.15, 0.2) is 0 Å². The number of carbonyl (C=O) groups is 3. The first-order chi connectivity index (χ1) is 22.3. The maximum Gasteiger partial charge on any atom is 0.243 e. The average Bonchev–Trinajstić information content (AvgIpc) is 3.06. The van der Waals surface area contributed by atoms with Gasteiger partial charge in [-0.1, -0.05) is 105 Å². The van der Waals surface area contributed by atoms with Crippen LogP contribution in [0.2, 0.25) is 0 Å². The van der Waals surface area contributed by atoms with Crippen molar-refractivity contribution in [1.82, 2.24) is 16.0 Å². The number of hydrogen-bond donors (Lipinski definition) is 4. The molecule has 0 aliphatic heterocycles. The van der Waals surface area contributed by atoms with Crippen LogP contribution in [0.4, 0.5) is 0 Å². The number of rotatable bonds is 16. The Morgan fingerprint density at radius 2 is 1.28 bits per heavy atom. The molecule has 0 saturated heterocycles. The molecule has 0 heterocycles. The Morgan fingerprint density at radius 1 is 0.696 bits per heavy atom. The molecule has 3 atom stereocenters. The predicted octanol–water partition coefficient (Wildman–Crippen LogP) is 5.35. The summed E-state index contributed by atoms with van der Waals surface area (Å²) in [6.07, 6.45) is -0.281. The van der Waals surface area contributed by atoms with E-state index in [2.05, 4.69) is 16.0 Å². The molecule has 0 aliphatic rings. The van der Waals surface area contributed by atoms with Crippen LogP contribution in [0.3, 0.4) is 0 Å². The zero-order valence-corrected chi connectivity index (χ0v) is 26.4. The third kappa shape index (κ3) is 11.2. The highest BCUT2D eigenvalue weighted by Gasteiger charge is 2.29. The van der Waals surface area contributed by atoms with Gasteiger partial charge in [-0.15, -0.1) is 0 Å². The molecule has 0 saturated carbocycles. The molecule has 8 nitrogen and oxygen atoms in total. The number of ether oxygens (including phenoxy) is 1. The standard InChI is InChI=1S/C38H43N3O5/c1-27(2)37(41-36(44)25-30-17-12-20-32(23-30)46-31-18-10-5-11-19-31)38(45)40-33(24-28-13-6-3-7-14-28)34(42)21-22-35(43)39-26-29-15-8-4-9-16-29/h3-20,23,27,33-34,37,42H,21-22,24-26H2,1-2H3,(H,39,43)(H,40,45)(H,41,44)/t33-,34-,37?/m0/s1. The van der Waals surface area contributed by atoms with Crippen LogP contribution in [-0.2, 0) is 33.8 Å². The van der Waals surface area contributed by atoms with Gasteiger partial charge >= 0.3 is 0 Å². The van der Waals surface area contributed by atoms with Gasteiger partial charge < -0.3 is 25.8 Å². The Balaban J connectivity index is 1.36. The Kier molecular flexibility index (Phi) is 12.9. The summed E-state index contributed by atoms with van der Waals surface area (Å²) in [5.41, 5.74) is 2.67. The van der Waals surface area contributed by atoms with E-state index in [4.69, 9.17) is 4.74 Å². The fourth-order valence-corrected chi connectivity index (χ4v) is 5.08. The molecule has 0 spiro atoms. The summed E-state index contributed by atoms with van der Waals surface area (Å²) in [6, 6.07) is 34.3.